The number of hydrogen-bond donors (Lipinski definition) is 14. The average Bonchev–Trinajstić information content (AvgIpc) is 3.63. The Morgan fingerprint density at radius 1 is 0.639 bits per heavy atom. The molecule has 0 aromatic heterocycles. The molecule has 28 atom stereocenters. The Bertz CT molecular complexity index is 1820. The van der Waals surface area contributed by atoms with E-state index < -0.39 is 155 Å². The minimum atomic E-state index is -1.95. The lowest BCUT2D eigenvalue weighted by atomic mass is 9.46. The summed E-state index contributed by atoms with van der Waals surface area (Å²) in [5, 5.41) is 151. The van der Waals surface area contributed by atoms with Crippen molar-refractivity contribution in [1.82, 2.24) is 0 Å². The van der Waals surface area contributed by atoms with Gasteiger partial charge in [-0.2, -0.15) is 0 Å². The van der Waals surface area contributed by atoms with E-state index in [0.29, 0.717) is 25.2 Å². The predicted molar refractivity (Wildman–Crippen MR) is 246 cm³/mol. The summed E-state index contributed by atoms with van der Waals surface area (Å²) in [6.07, 6.45) is -20.9. The van der Waals surface area contributed by atoms with E-state index in [0.717, 1.165) is 32.1 Å². The van der Waals surface area contributed by atoms with Crippen LogP contribution < -0.4 is 0 Å². The van der Waals surface area contributed by atoms with Crippen molar-refractivity contribution in [2.75, 3.05) is 33.0 Å². The molecule has 8 rings (SSSR count). The van der Waals surface area contributed by atoms with Gasteiger partial charge in [0.2, 0.25) is 0 Å². The molecule has 4 aliphatic heterocycles. The third-order valence-electron chi connectivity index (χ3n) is 17.9. The highest BCUT2D eigenvalue weighted by molar-refractivity contribution is 5.26. The number of hydrogen-bond acceptors (Lipinski definition) is 22. The lowest BCUT2D eigenvalue weighted by Crippen LogP contribution is -2.67. The molecule has 0 aromatic rings. The Balaban J connectivity index is 1.00. The van der Waals surface area contributed by atoms with E-state index in [2.05, 4.69) is 45.9 Å². The predicted octanol–water partition coefficient (Wildman–Crippen LogP) is -2.96. The summed E-state index contributed by atoms with van der Waals surface area (Å²) >= 11 is 0. The van der Waals surface area contributed by atoms with Crippen LogP contribution in [-0.2, 0) is 37.9 Å². The van der Waals surface area contributed by atoms with E-state index in [-0.39, 0.29) is 47.0 Å². The van der Waals surface area contributed by atoms with Gasteiger partial charge in [0.15, 0.2) is 25.2 Å². The highest BCUT2D eigenvalue weighted by Crippen LogP contribution is 2.67. The molecule has 0 amide bonds. The second kappa shape index (κ2) is 23.3. The SMILES string of the molecule is CC(C)CC=CC(CO)C1CC(O)C2C3CC=C4CC(OC5OC(CO)C(OC6OC(CO)C(O)C(O)C6O)C(OC6OCC(O)C(OC7OC(CO)C(O)C(O)C7O)C6O)C5O)CCC4(C)C3CCC12C. The van der Waals surface area contributed by atoms with Gasteiger partial charge in [0, 0.05) is 12.5 Å². The van der Waals surface area contributed by atoms with Gasteiger partial charge < -0.3 is 109 Å². The van der Waals surface area contributed by atoms with Crippen molar-refractivity contribution < 1.29 is 109 Å². The summed E-state index contributed by atoms with van der Waals surface area (Å²) in [6.45, 7) is 6.02. The van der Waals surface area contributed by atoms with E-state index >= 15 is 0 Å². The quantitative estimate of drug-likeness (QED) is 0.0687. The minimum Gasteiger partial charge on any atom is -0.396 e. The highest BCUT2D eigenvalue weighted by atomic mass is 16.8. The van der Waals surface area contributed by atoms with Gasteiger partial charge in [0.25, 0.3) is 0 Å². The van der Waals surface area contributed by atoms with Crippen LogP contribution in [0.2, 0.25) is 0 Å². The Hall–Kier alpha value is -1.40. The van der Waals surface area contributed by atoms with Crippen LogP contribution >= 0.6 is 0 Å². The second-order valence-electron chi connectivity index (χ2n) is 22.7. The van der Waals surface area contributed by atoms with Crippen LogP contribution in [0, 0.1) is 46.3 Å². The van der Waals surface area contributed by atoms with Crippen LogP contribution in [0.15, 0.2) is 23.8 Å². The third-order valence-corrected chi connectivity index (χ3v) is 17.9. The topological polar surface area (TPSA) is 357 Å². The Morgan fingerprint density at radius 3 is 1.81 bits per heavy atom. The van der Waals surface area contributed by atoms with E-state index in [1.54, 1.807) is 0 Å². The van der Waals surface area contributed by atoms with Crippen molar-refractivity contribution in [3.8, 4) is 0 Å². The molecule has 14 N–H and O–H groups in total. The number of aliphatic hydroxyl groups excluding tert-OH is 14. The van der Waals surface area contributed by atoms with Crippen molar-refractivity contribution in [1.29, 1.82) is 0 Å². The first kappa shape index (κ1) is 56.8. The molecule has 8 aliphatic rings. The molecule has 22 heteroatoms. The van der Waals surface area contributed by atoms with Crippen LogP contribution in [0.3, 0.4) is 0 Å². The van der Waals surface area contributed by atoms with Gasteiger partial charge >= 0.3 is 0 Å². The largest absolute Gasteiger partial charge is 0.396 e. The maximum absolute atomic E-state index is 12.2. The van der Waals surface area contributed by atoms with Crippen molar-refractivity contribution in [3.63, 3.8) is 0 Å². The Kier molecular flexibility index (Phi) is 18.4. The molecule has 4 saturated heterocycles. The fourth-order valence-electron chi connectivity index (χ4n) is 13.9. The van der Waals surface area contributed by atoms with E-state index in [9.17, 15) is 71.5 Å². The number of fused-ring (bicyclic) bond motifs is 5. The fraction of sp³-hybridized carbons (Fsp3) is 0.920. The van der Waals surface area contributed by atoms with Gasteiger partial charge in [-0.3, -0.25) is 0 Å². The summed E-state index contributed by atoms with van der Waals surface area (Å²) in [7, 11) is 0. The van der Waals surface area contributed by atoms with Crippen molar-refractivity contribution in [2.45, 2.75) is 208 Å². The molecular formula is C50H82O22. The molecule has 3 saturated carbocycles. The van der Waals surface area contributed by atoms with E-state index in [4.69, 9.17) is 37.9 Å². The van der Waals surface area contributed by atoms with Gasteiger partial charge in [-0.15, -0.1) is 0 Å². The maximum Gasteiger partial charge on any atom is 0.187 e. The zero-order valence-electron chi connectivity index (χ0n) is 41.5. The van der Waals surface area contributed by atoms with Crippen LogP contribution in [0.5, 0.6) is 0 Å². The van der Waals surface area contributed by atoms with Crippen molar-refractivity contribution >= 4 is 0 Å². The van der Waals surface area contributed by atoms with E-state index in [1.807, 2.05) is 0 Å². The molecule has 0 spiro atoms. The molecule has 7 fully saturated rings. The number of ether oxygens (including phenoxy) is 8. The monoisotopic (exact) mass is 1030 g/mol. The molecule has 0 bridgehead atoms. The average molecular weight is 1040 g/mol. The van der Waals surface area contributed by atoms with Crippen LogP contribution in [0.4, 0.5) is 0 Å². The molecule has 22 nitrogen and oxygen atoms in total. The van der Waals surface area contributed by atoms with Crippen molar-refractivity contribution in [3.05, 3.63) is 23.8 Å². The van der Waals surface area contributed by atoms with Gasteiger partial charge in [-0.25, -0.2) is 0 Å². The standard InChI is InChI=1S/C50H82O22/c1-21(2)6-5-7-22(16-51)27-15-28(55)33-25-9-8-23-14-24(10-12-49(23,3)26(25)11-13-50(27,33)4)66-48-41(64)44(43(32(19-54)69-48)71-47-39(62)37(60)35(58)31(18-53)68-47)72-45-40(63)42(29(56)20-65-45)70-46-38(61)36(59)34(57)30(17-52)67-46/h5,7-8,21-22,24-48,51-64H,6,9-20H2,1-4H3. The first-order chi connectivity index (χ1) is 34.2. The lowest BCUT2D eigenvalue weighted by Gasteiger charge is -2.59. The van der Waals surface area contributed by atoms with Crippen molar-refractivity contribution in [2.24, 2.45) is 46.3 Å². The Labute approximate surface area is 419 Å². The Morgan fingerprint density at radius 2 is 1.21 bits per heavy atom. The van der Waals surface area contributed by atoms with Gasteiger partial charge in [0.1, 0.15) is 91.6 Å². The van der Waals surface area contributed by atoms with Gasteiger partial charge in [-0.1, -0.05) is 51.5 Å². The van der Waals surface area contributed by atoms with Crippen LogP contribution in [0.1, 0.15) is 79.1 Å². The summed E-state index contributed by atoms with van der Waals surface area (Å²) in [4.78, 5) is 0. The van der Waals surface area contributed by atoms with Gasteiger partial charge in [0.05, 0.1) is 38.6 Å². The minimum absolute atomic E-state index is 0.0330. The van der Waals surface area contributed by atoms with E-state index in [1.165, 1.54) is 5.57 Å². The summed E-state index contributed by atoms with van der Waals surface area (Å²) in [5.41, 5.74) is 0.842. The number of rotatable bonds is 16. The number of allylic oxidation sites excluding steroid dienone is 2. The zero-order valence-corrected chi connectivity index (χ0v) is 41.5. The van der Waals surface area contributed by atoms with Crippen LogP contribution in [-0.4, -0.2) is 233 Å². The molecule has 4 heterocycles. The zero-order chi connectivity index (χ0) is 52.1. The van der Waals surface area contributed by atoms with Crippen LogP contribution in [0.25, 0.3) is 0 Å². The third kappa shape index (κ3) is 10.8. The summed E-state index contributed by atoms with van der Waals surface area (Å²) in [5.74, 6) is 1.22. The fourth-order valence-corrected chi connectivity index (χ4v) is 13.9. The highest BCUT2D eigenvalue weighted by Gasteiger charge is 2.63. The molecule has 0 radical (unpaired) electrons. The van der Waals surface area contributed by atoms with Gasteiger partial charge in [-0.05, 0) is 91.8 Å². The first-order valence-corrected chi connectivity index (χ1v) is 26.0. The second-order valence-corrected chi connectivity index (χ2v) is 22.7. The molecule has 414 valence electrons. The molecule has 28 unspecified atom stereocenters. The molecular weight excluding hydrogens is 953 g/mol. The normalized spacial score (nSPS) is 51.4. The number of aliphatic hydroxyl groups is 14. The summed E-state index contributed by atoms with van der Waals surface area (Å²) in [6, 6.07) is 0. The lowest BCUT2D eigenvalue weighted by molar-refractivity contribution is -0.391. The molecule has 4 aliphatic carbocycles. The smallest absolute Gasteiger partial charge is 0.187 e. The molecule has 0 aromatic carbocycles. The molecule has 72 heavy (non-hydrogen) atoms. The maximum atomic E-state index is 12.2. The first-order valence-electron chi connectivity index (χ1n) is 26.0. The summed E-state index contributed by atoms with van der Waals surface area (Å²) < 4.78 is 47.6.